The number of nitrogens with one attached hydrogen (secondary N) is 2. The Labute approximate surface area is 133 Å². The van der Waals surface area contributed by atoms with Crippen LogP contribution in [0.2, 0.25) is 0 Å². The Bertz CT molecular complexity index is 799. The Morgan fingerprint density at radius 3 is 2.78 bits per heavy atom. The number of aromatic amines is 1. The third-order valence-electron chi connectivity index (χ3n) is 3.41. The van der Waals surface area contributed by atoms with Crippen molar-refractivity contribution in [3.63, 3.8) is 0 Å². The van der Waals surface area contributed by atoms with Gasteiger partial charge in [0.2, 0.25) is 0 Å². The molecule has 3 rings (SSSR count). The molecule has 0 radical (unpaired) electrons. The summed E-state index contributed by atoms with van der Waals surface area (Å²) < 4.78 is 5.31. The van der Waals surface area contributed by atoms with Crippen molar-refractivity contribution in [3.05, 3.63) is 66.1 Å². The molecule has 0 unspecified atom stereocenters. The topological polar surface area (TPSA) is 79.9 Å². The predicted molar refractivity (Wildman–Crippen MR) is 86.0 cm³/mol. The van der Waals surface area contributed by atoms with E-state index in [1.54, 1.807) is 25.6 Å². The van der Waals surface area contributed by atoms with Crippen LogP contribution in [0.4, 0.5) is 0 Å². The molecule has 0 aliphatic carbocycles. The molecule has 6 nitrogen and oxygen atoms in total. The lowest BCUT2D eigenvalue weighted by Crippen LogP contribution is -2.23. The molecule has 1 aromatic carbocycles. The number of pyridine rings is 1. The summed E-state index contributed by atoms with van der Waals surface area (Å²) in [5.74, 6) is 0.498. The van der Waals surface area contributed by atoms with E-state index in [0.717, 1.165) is 11.1 Å². The molecule has 0 bridgehead atoms. The van der Waals surface area contributed by atoms with Gasteiger partial charge in [0.15, 0.2) is 0 Å². The third kappa shape index (κ3) is 3.37. The number of benzene rings is 1. The maximum atomic E-state index is 12.2. The van der Waals surface area contributed by atoms with E-state index in [9.17, 15) is 4.79 Å². The van der Waals surface area contributed by atoms with Gasteiger partial charge in [-0.3, -0.25) is 14.9 Å². The van der Waals surface area contributed by atoms with Gasteiger partial charge in [0, 0.05) is 24.5 Å². The van der Waals surface area contributed by atoms with Crippen molar-refractivity contribution in [1.82, 2.24) is 20.5 Å². The van der Waals surface area contributed by atoms with Crippen molar-refractivity contribution in [2.24, 2.45) is 0 Å². The lowest BCUT2D eigenvalue weighted by atomic mass is 10.1. The van der Waals surface area contributed by atoms with Crippen molar-refractivity contribution < 1.29 is 9.53 Å². The number of carbonyl (C=O) groups excluding carboxylic acids is 1. The van der Waals surface area contributed by atoms with Crippen LogP contribution >= 0.6 is 0 Å². The Hall–Kier alpha value is -3.15. The van der Waals surface area contributed by atoms with Gasteiger partial charge >= 0.3 is 0 Å². The molecule has 0 spiro atoms. The second-order valence-corrected chi connectivity index (χ2v) is 4.91. The van der Waals surface area contributed by atoms with E-state index in [0.29, 0.717) is 23.7 Å². The number of rotatable bonds is 5. The first kappa shape index (κ1) is 14.8. The fourth-order valence-electron chi connectivity index (χ4n) is 2.21. The molecule has 0 saturated heterocycles. The molecule has 0 saturated carbocycles. The van der Waals surface area contributed by atoms with Crippen LogP contribution in [0.3, 0.4) is 0 Å². The zero-order chi connectivity index (χ0) is 16.1. The number of methoxy groups -OCH3 is 1. The highest BCUT2D eigenvalue weighted by Crippen LogP contribution is 2.28. The minimum atomic E-state index is -0.213. The first-order chi connectivity index (χ1) is 11.3. The van der Waals surface area contributed by atoms with Crippen LogP contribution < -0.4 is 10.1 Å². The van der Waals surface area contributed by atoms with Crippen LogP contribution in [0.5, 0.6) is 5.75 Å². The van der Waals surface area contributed by atoms with E-state index in [2.05, 4.69) is 20.5 Å². The second-order valence-electron chi connectivity index (χ2n) is 4.91. The molecule has 0 aliphatic heterocycles. The van der Waals surface area contributed by atoms with E-state index in [1.807, 2.05) is 36.4 Å². The van der Waals surface area contributed by atoms with Crippen molar-refractivity contribution >= 4 is 5.91 Å². The zero-order valence-corrected chi connectivity index (χ0v) is 12.6. The number of nitrogens with zero attached hydrogens (tertiary/aromatic N) is 2. The van der Waals surface area contributed by atoms with Gasteiger partial charge in [-0.25, -0.2) is 0 Å². The lowest BCUT2D eigenvalue weighted by Gasteiger charge is -2.04. The van der Waals surface area contributed by atoms with Crippen molar-refractivity contribution in [3.8, 4) is 17.0 Å². The summed E-state index contributed by atoms with van der Waals surface area (Å²) in [7, 11) is 1.60. The monoisotopic (exact) mass is 308 g/mol. The first-order valence-electron chi connectivity index (χ1n) is 7.14. The average molecular weight is 308 g/mol. The summed E-state index contributed by atoms with van der Waals surface area (Å²) in [5.41, 5.74) is 2.88. The van der Waals surface area contributed by atoms with Gasteiger partial charge in [-0.05, 0) is 35.9 Å². The summed E-state index contributed by atoms with van der Waals surface area (Å²) in [6.07, 6.45) is 3.38. The highest BCUT2D eigenvalue weighted by molar-refractivity contribution is 5.93. The molecule has 0 aliphatic rings. The minimum absolute atomic E-state index is 0.213. The van der Waals surface area contributed by atoms with Crippen LogP contribution in [0.1, 0.15) is 16.1 Å². The van der Waals surface area contributed by atoms with Crippen molar-refractivity contribution in [2.75, 3.05) is 7.11 Å². The normalized spacial score (nSPS) is 10.3. The van der Waals surface area contributed by atoms with Gasteiger partial charge in [-0.15, -0.1) is 0 Å². The predicted octanol–water partition coefficient (Wildman–Crippen LogP) is 2.41. The van der Waals surface area contributed by atoms with E-state index < -0.39 is 0 Å². The van der Waals surface area contributed by atoms with E-state index >= 15 is 0 Å². The number of carbonyl (C=O) groups is 1. The highest BCUT2D eigenvalue weighted by Gasteiger charge is 2.13. The number of ether oxygens (including phenoxy) is 1. The van der Waals surface area contributed by atoms with Crippen LogP contribution in [0.15, 0.2) is 54.9 Å². The minimum Gasteiger partial charge on any atom is -0.496 e. The molecular formula is C17H16N4O2. The standard InChI is InChI=1S/C17H16N4O2/c1-23-16-5-3-2-4-13(16)14-10-15(21-20-14)17(22)19-11-12-6-8-18-9-7-12/h2-10H,11H2,1H3,(H,19,22)(H,20,21). The zero-order valence-electron chi connectivity index (χ0n) is 12.6. The second kappa shape index (κ2) is 6.74. The summed E-state index contributed by atoms with van der Waals surface area (Å²) in [6, 6.07) is 13.0. The van der Waals surface area contributed by atoms with Gasteiger partial charge in [-0.1, -0.05) is 12.1 Å². The van der Waals surface area contributed by atoms with Gasteiger partial charge in [0.05, 0.1) is 12.8 Å². The van der Waals surface area contributed by atoms with E-state index in [1.165, 1.54) is 0 Å². The van der Waals surface area contributed by atoms with E-state index in [-0.39, 0.29) is 5.91 Å². The number of H-pyrrole nitrogens is 1. The van der Waals surface area contributed by atoms with E-state index in [4.69, 9.17) is 4.74 Å². The Morgan fingerprint density at radius 1 is 1.22 bits per heavy atom. The smallest absolute Gasteiger partial charge is 0.269 e. The average Bonchev–Trinajstić information content (AvgIpc) is 3.10. The molecule has 6 heteroatoms. The number of hydrogen-bond acceptors (Lipinski definition) is 4. The Balaban J connectivity index is 1.72. The third-order valence-corrected chi connectivity index (χ3v) is 3.41. The molecule has 2 N–H and O–H groups in total. The van der Waals surface area contributed by atoms with Gasteiger partial charge in [0.1, 0.15) is 11.4 Å². The maximum Gasteiger partial charge on any atom is 0.269 e. The molecule has 2 heterocycles. The van der Waals surface area contributed by atoms with Crippen LogP contribution in [-0.2, 0) is 6.54 Å². The SMILES string of the molecule is COc1ccccc1-c1cc(C(=O)NCc2ccncc2)[nH]n1. The largest absolute Gasteiger partial charge is 0.496 e. The molecular weight excluding hydrogens is 292 g/mol. The quantitative estimate of drug-likeness (QED) is 0.758. The number of hydrogen-bond donors (Lipinski definition) is 2. The summed E-state index contributed by atoms with van der Waals surface area (Å²) in [6.45, 7) is 0.435. The van der Waals surface area contributed by atoms with Crippen molar-refractivity contribution in [1.29, 1.82) is 0 Å². The van der Waals surface area contributed by atoms with Crippen LogP contribution in [0, 0.1) is 0 Å². The lowest BCUT2D eigenvalue weighted by molar-refractivity contribution is 0.0946. The van der Waals surface area contributed by atoms with Gasteiger partial charge < -0.3 is 10.1 Å². The molecule has 2 aromatic heterocycles. The van der Waals surface area contributed by atoms with Crippen molar-refractivity contribution in [2.45, 2.75) is 6.54 Å². The molecule has 0 atom stereocenters. The number of aromatic nitrogens is 3. The molecule has 116 valence electrons. The molecule has 1 amide bonds. The fourth-order valence-corrected chi connectivity index (χ4v) is 2.21. The molecule has 23 heavy (non-hydrogen) atoms. The maximum absolute atomic E-state index is 12.2. The summed E-state index contributed by atoms with van der Waals surface area (Å²) in [5, 5.41) is 9.80. The van der Waals surface area contributed by atoms with Crippen LogP contribution in [0.25, 0.3) is 11.3 Å². The molecule has 3 aromatic rings. The molecule has 0 fully saturated rings. The number of para-hydroxylation sites is 1. The summed E-state index contributed by atoms with van der Waals surface area (Å²) >= 11 is 0. The fraction of sp³-hybridized carbons (Fsp3) is 0.118. The number of amides is 1. The first-order valence-corrected chi connectivity index (χ1v) is 7.14. The van der Waals surface area contributed by atoms with Gasteiger partial charge in [-0.2, -0.15) is 5.10 Å². The van der Waals surface area contributed by atoms with Gasteiger partial charge in [0.25, 0.3) is 5.91 Å². The van der Waals surface area contributed by atoms with Crippen LogP contribution in [-0.4, -0.2) is 28.2 Å². The Morgan fingerprint density at radius 2 is 2.00 bits per heavy atom. The summed E-state index contributed by atoms with van der Waals surface area (Å²) in [4.78, 5) is 16.1. The highest BCUT2D eigenvalue weighted by atomic mass is 16.5. The Kier molecular flexibility index (Phi) is 4.33.